The molecule has 1 heterocycles. The average Bonchev–Trinajstić information content (AvgIpc) is 2.88. The molecule has 0 spiro atoms. The zero-order valence-corrected chi connectivity index (χ0v) is 21.8. The first-order valence-electron chi connectivity index (χ1n) is 12.3. The summed E-state index contributed by atoms with van der Waals surface area (Å²) in [5, 5.41) is 3.19. The SMILES string of the molecule is CCC(Oc1c(-c2ccc(C(C)(C)C)cc2)oc2ccccc2c1=O)C(=O)Nc1ccc(C(C)=O)cc1. The van der Waals surface area contributed by atoms with Gasteiger partial charge in [0.1, 0.15) is 5.58 Å². The van der Waals surface area contributed by atoms with E-state index in [9.17, 15) is 14.4 Å². The number of nitrogens with one attached hydrogen (secondary N) is 1. The predicted octanol–water partition coefficient (Wildman–Crippen LogP) is 6.76. The Bertz CT molecular complexity index is 1490. The molecule has 0 aliphatic rings. The minimum Gasteiger partial charge on any atom is -0.473 e. The van der Waals surface area contributed by atoms with Crippen molar-refractivity contribution in [2.24, 2.45) is 0 Å². The minimum atomic E-state index is -0.941. The zero-order valence-electron chi connectivity index (χ0n) is 21.8. The first kappa shape index (κ1) is 25.9. The van der Waals surface area contributed by atoms with Crippen molar-refractivity contribution in [3.63, 3.8) is 0 Å². The second-order valence-corrected chi connectivity index (χ2v) is 10.1. The quantitative estimate of drug-likeness (QED) is 0.285. The fourth-order valence-electron chi connectivity index (χ4n) is 4.02. The topological polar surface area (TPSA) is 85.6 Å². The van der Waals surface area contributed by atoms with Gasteiger partial charge in [0, 0.05) is 16.8 Å². The standard InChI is InChI=1S/C31H31NO5/c1-6-25(30(35)32-23-17-13-20(14-18-23)19(2)33)36-29-27(34)24-9-7-8-10-26(24)37-28(29)21-11-15-22(16-12-21)31(3,4)5/h7-18,25H,6H2,1-5H3,(H,32,35). The first-order chi connectivity index (χ1) is 17.6. The highest BCUT2D eigenvalue weighted by molar-refractivity contribution is 5.97. The number of hydrogen-bond acceptors (Lipinski definition) is 5. The smallest absolute Gasteiger partial charge is 0.265 e. The summed E-state index contributed by atoms with van der Waals surface area (Å²) < 4.78 is 12.3. The number of ether oxygens (including phenoxy) is 1. The van der Waals surface area contributed by atoms with E-state index in [1.54, 1.807) is 48.5 Å². The molecule has 4 aromatic rings. The van der Waals surface area contributed by atoms with Gasteiger partial charge in [0.15, 0.2) is 17.6 Å². The fourth-order valence-corrected chi connectivity index (χ4v) is 4.02. The van der Waals surface area contributed by atoms with Gasteiger partial charge in [0.2, 0.25) is 11.2 Å². The lowest BCUT2D eigenvalue weighted by atomic mass is 9.86. The van der Waals surface area contributed by atoms with E-state index in [1.807, 2.05) is 31.2 Å². The summed E-state index contributed by atoms with van der Waals surface area (Å²) in [7, 11) is 0. The lowest BCUT2D eigenvalue weighted by Crippen LogP contribution is -2.34. The fraction of sp³-hybridized carbons (Fsp3) is 0.258. The second kappa shape index (κ2) is 10.4. The van der Waals surface area contributed by atoms with E-state index in [-0.39, 0.29) is 28.1 Å². The maximum absolute atomic E-state index is 13.5. The number of fused-ring (bicyclic) bond motifs is 1. The molecule has 4 rings (SSSR count). The molecule has 6 heteroatoms. The summed E-state index contributed by atoms with van der Waals surface area (Å²) in [6.07, 6.45) is -0.615. The number of anilines is 1. The third kappa shape index (κ3) is 5.64. The molecule has 0 radical (unpaired) electrons. The highest BCUT2D eigenvalue weighted by Gasteiger charge is 2.25. The van der Waals surface area contributed by atoms with Crippen LogP contribution in [-0.4, -0.2) is 17.8 Å². The molecule has 1 amide bonds. The van der Waals surface area contributed by atoms with Gasteiger partial charge in [0.05, 0.1) is 5.39 Å². The molecule has 0 aliphatic carbocycles. The van der Waals surface area contributed by atoms with Crippen molar-refractivity contribution >= 4 is 28.3 Å². The Kier molecular flexibility index (Phi) is 7.30. The van der Waals surface area contributed by atoms with Crippen LogP contribution in [0.2, 0.25) is 0 Å². The van der Waals surface area contributed by atoms with Gasteiger partial charge in [-0.05, 0) is 60.7 Å². The van der Waals surface area contributed by atoms with Crippen LogP contribution in [-0.2, 0) is 10.2 Å². The summed E-state index contributed by atoms with van der Waals surface area (Å²) in [6.45, 7) is 9.68. The highest BCUT2D eigenvalue weighted by Crippen LogP contribution is 2.33. The summed E-state index contributed by atoms with van der Waals surface area (Å²) in [4.78, 5) is 38.2. The molecule has 1 atom stereocenters. The monoisotopic (exact) mass is 497 g/mol. The number of amides is 1. The summed E-state index contributed by atoms with van der Waals surface area (Å²) in [5.41, 5.74) is 2.98. The van der Waals surface area contributed by atoms with Crippen molar-refractivity contribution in [2.45, 2.75) is 52.6 Å². The van der Waals surface area contributed by atoms with Crippen LogP contribution >= 0.6 is 0 Å². The maximum atomic E-state index is 13.5. The van der Waals surface area contributed by atoms with Crippen LogP contribution in [0.1, 0.15) is 57.0 Å². The van der Waals surface area contributed by atoms with Crippen molar-refractivity contribution in [1.29, 1.82) is 0 Å². The molecule has 0 fully saturated rings. The van der Waals surface area contributed by atoms with E-state index in [4.69, 9.17) is 9.15 Å². The first-order valence-corrected chi connectivity index (χ1v) is 12.3. The number of ketones is 1. The van der Waals surface area contributed by atoms with Crippen LogP contribution in [0.15, 0.2) is 82.0 Å². The van der Waals surface area contributed by atoms with E-state index in [0.29, 0.717) is 34.2 Å². The maximum Gasteiger partial charge on any atom is 0.265 e. The molecule has 6 nitrogen and oxygen atoms in total. The minimum absolute atomic E-state index is 0.00358. The van der Waals surface area contributed by atoms with Crippen molar-refractivity contribution < 1.29 is 18.7 Å². The van der Waals surface area contributed by atoms with Crippen molar-refractivity contribution in [3.8, 4) is 17.1 Å². The summed E-state index contributed by atoms with van der Waals surface area (Å²) in [6, 6.07) is 21.4. The number of hydrogen-bond donors (Lipinski definition) is 1. The van der Waals surface area contributed by atoms with Gasteiger partial charge < -0.3 is 14.5 Å². The predicted molar refractivity (Wildman–Crippen MR) is 146 cm³/mol. The van der Waals surface area contributed by atoms with E-state index in [2.05, 4.69) is 26.1 Å². The number of Topliss-reactive ketones (excluding diaryl/α,β-unsaturated/α-hetero) is 1. The molecule has 0 saturated carbocycles. The molecule has 0 saturated heterocycles. The zero-order chi connectivity index (χ0) is 26.7. The Morgan fingerprint density at radius 1 is 0.946 bits per heavy atom. The normalized spacial score (nSPS) is 12.2. The van der Waals surface area contributed by atoms with Crippen LogP contribution in [0.5, 0.6) is 5.75 Å². The Labute approximate surface area is 216 Å². The van der Waals surface area contributed by atoms with Crippen LogP contribution < -0.4 is 15.5 Å². The Morgan fingerprint density at radius 2 is 1.59 bits per heavy atom. The van der Waals surface area contributed by atoms with Gasteiger partial charge >= 0.3 is 0 Å². The summed E-state index contributed by atoms with van der Waals surface area (Å²) in [5.74, 6) is -0.184. The lowest BCUT2D eigenvalue weighted by molar-refractivity contribution is -0.122. The van der Waals surface area contributed by atoms with Gasteiger partial charge in [-0.1, -0.05) is 64.1 Å². The van der Waals surface area contributed by atoms with Crippen molar-refractivity contribution in [2.75, 3.05) is 5.32 Å². The number of carbonyl (C=O) groups is 2. The largest absolute Gasteiger partial charge is 0.473 e. The van der Waals surface area contributed by atoms with Gasteiger partial charge in [-0.25, -0.2) is 0 Å². The number of benzene rings is 3. The van der Waals surface area contributed by atoms with Gasteiger partial charge in [-0.15, -0.1) is 0 Å². The molecular formula is C31H31NO5. The van der Waals surface area contributed by atoms with Crippen LogP contribution in [0.25, 0.3) is 22.3 Å². The number of rotatable bonds is 7. The van der Waals surface area contributed by atoms with Crippen molar-refractivity contribution in [3.05, 3.63) is 94.1 Å². The average molecular weight is 498 g/mol. The van der Waals surface area contributed by atoms with Gasteiger partial charge in [-0.2, -0.15) is 0 Å². The van der Waals surface area contributed by atoms with E-state index >= 15 is 0 Å². The lowest BCUT2D eigenvalue weighted by Gasteiger charge is -2.20. The van der Waals surface area contributed by atoms with Crippen LogP contribution in [0.4, 0.5) is 5.69 Å². The number of para-hydroxylation sites is 1. The van der Waals surface area contributed by atoms with E-state index < -0.39 is 12.0 Å². The van der Waals surface area contributed by atoms with Crippen molar-refractivity contribution in [1.82, 2.24) is 0 Å². The molecule has 1 N–H and O–H groups in total. The molecule has 1 aromatic heterocycles. The Morgan fingerprint density at radius 3 is 2.19 bits per heavy atom. The number of carbonyl (C=O) groups excluding carboxylic acids is 2. The highest BCUT2D eigenvalue weighted by atomic mass is 16.5. The Balaban J connectivity index is 1.71. The Hall–Kier alpha value is -4.19. The molecule has 0 aliphatic heterocycles. The summed E-state index contributed by atoms with van der Waals surface area (Å²) >= 11 is 0. The molecular weight excluding hydrogens is 466 g/mol. The van der Waals surface area contributed by atoms with Gasteiger partial charge in [-0.3, -0.25) is 14.4 Å². The van der Waals surface area contributed by atoms with Gasteiger partial charge in [0.25, 0.3) is 5.91 Å². The van der Waals surface area contributed by atoms with Crippen LogP contribution in [0.3, 0.4) is 0 Å². The molecule has 37 heavy (non-hydrogen) atoms. The van der Waals surface area contributed by atoms with E-state index in [1.165, 1.54) is 6.92 Å². The molecule has 1 unspecified atom stereocenters. The van der Waals surface area contributed by atoms with Crippen LogP contribution in [0, 0.1) is 0 Å². The molecule has 0 bridgehead atoms. The molecule has 3 aromatic carbocycles. The third-order valence-corrected chi connectivity index (χ3v) is 6.25. The third-order valence-electron chi connectivity index (χ3n) is 6.25. The second-order valence-electron chi connectivity index (χ2n) is 10.1. The van der Waals surface area contributed by atoms with E-state index in [0.717, 1.165) is 5.56 Å². The molecule has 190 valence electrons.